The number of benzene rings is 3. The number of nitrogens with zero attached hydrogens (tertiary/aromatic N) is 3. The molecule has 0 bridgehead atoms. The number of para-hydroxylation sites is 2. The first kappa shape index (κ1) is 21.6. The zero-order chi connectivity index (χ0) is 23.0. The highest BCUT2D eigenvalue weighted by molar-refractivity contribution is 5.91. The summed E-state index contributed by atoms with van der Waals surface area (Å²) in [5, 5.41) is 5.05. The lowest BCUT2D eigenvalue weighted by Crippen LogP contribution is -2.26. The van der Waals surface area contributed by atoms with E-state index in [-0.39, 0.29) is 5.97 Å². The van der Waals surface area contributed by atoms with E-state index in [0.29, 0.717) is 35.2 Å². The summed E-state index contributed by atoms with van der Waals surface area (Å²) < 4.78 is 5.07. The summed E-state index contributed by atoms with van der Waals surface area (Å²) in [5.41, 5.74) is 13.0. The SMILES string of the molecule is CCOC(=O)c1cccc(Nc2ncnc(NN(c3ccccc3)c3ccccc3)c2N)c1. The molecule has 0 fully saturated rings. The molecule has 1 heterocycles. The lowest BCUT2D eigenvalue weighted by atomic mass is 10.2. The number of rotatable bonds is 8. The fourth-order valence-corrected chi connectivity index (χ4v) is 3.20. The largest absolute Gasteiger partial charge is 0.462 e. The molecule has 166 valence electrons. The molecule has 0 unspecified atom stereocenters. The summed E-state index contributed by atoms with van der Waals surface area (Å²) in [6, 6.07) is 26.6. The minimum absolute atomic E-state index is 0.309. The minimum atomic E-state index is -0.388. The Morgan fingerprint density at radius 2 is 1.55 bits per heavy atom. The van der Waals surface area contributed by atoms with Crippen molar-refractivity contribution in [3.05, 3.63) is 96.8 Å². The number of carbonyl (C=O) groups is 1. The van der Waals surface area contributed by atoms with Gasteiger partial charge < -0.3 is 15.8 Å². The number of hydrogen-bond donors (Lipinski definition) is 3. The van der Waals surface area contributed by atoms with Gasteiger partial charge in [0.25, 0.3) is 0 Å². The molecule has 0 saturated heterocycles. The second-order valence-corrected chi connectivity index (χ2v) is 7.03. The monoisotopic (exact) mass is 440 g/mol. The number of hydrogen-bond acceptors (Lipinski definition) is 8. The van der Waals surface area contributed by atoms with Crippen molar-refractivity contribution in [2.45, 2.75) is 6.92 Å². The Morgan fingerprint density at radius 3 is 2.18 bits per heavy atom. The maximum absolute atomic E-state index is 12.0. The molecule has 1 aromatic heterocycles. The van der Waals surface area contributed by atoms with Gasteiger partial charge in [0, 0.05) is 5.69 Å². The van der Waals surface area contributed by atoms with Gasteiger partial charge in [-0.3, -0.25) is 10.4 Å². The van der Waals surface area contributed by atoms with Gasteiger partial charge in [0.1, 0.15) is 12.0 Å². The molecule has 3 aromatic carbocycles. The van der Waals surface area contributed by atoms with Crippen LogP contribution in [0.2, 0.25) is 0 Å². The molecule has 0 atom stereocenters. The van der Waals surface area contributed by atoms with Crippen LogP contribution in [0.5, 0.6) is 0 Å². The van der Waals surface area contributed by atoms with Crippen molar-refractivity contribution in [2.75, 3.05) is 28.1 Å². The van der Waals surface area contributed by atoms with Gasteiger partial charge in [-0.2, -0.15) is 0 Å². The highest BCUT2D eigenvalue weighted by atomic mass is 16.5. The molecular weight excluding hydrogens is 416 g/mol. The van der Waals surface area contributed by atoms with Crippen LogP contribution in [0.15, 0.2) is 91.3 Å². The van der Waals surface area contributed by atoms with Gasteiger partial charge in [-0.05, 0) is 49.4 Å². The van der Waals surface area contributed by atoms with Crippen LogP contribution in [0.3, 0.4) is 0 Å². The Hall–Kier alpha value is -4.59. The molecule has 8 nitrogen and oxygen atoms in total. The number of ether oxygens (including phenoxy) is 1. The summed E-state index contributed by atoms with van der Waals surface area (Å²) in [6.07, 6.45) is 1.42. The zero-order valence-corrected chi connectivity index (χ0v) is 18.1. The van der Waals surface area contributed by atoms with Crippen molar-refractivity contribution in [2.24, 2.45) is 0 Å². The number of anilines is 6. The third-order valence-corrected chi connectivity index (χ3v) is 4.77. The zero-order valence-electron chi connectivity index (χ0n) is 18.1. The van der Waals surface area contributed by atoms with E-state index in [1.807, 2.05) is 71.7 Å². The van der Waals surface area contributed by atoms with Crippen LogP contribution in [0.4, 0.5) is 34.4 Å². The van der Waals surface area contributed by atoms with E-state index in [4.69, 9.17) is 10.5 Å². The third-order valence-electron chi connectivity index (χ3n) is 4.77. The average molecular weight is 441 g/mol. The molecule has 0 aliphatic heterocycles. The Balaban J connectivity index is 1.61. The molecule has 8 heteroatoms. The quantitative estimate of drug-likeness (QED) is 0.255. The summed E-state index contributed by atoms with van der Waals surface area (Å²) in [4.78, 5) is 20.7. The first-order chi connectivity index (χ1) is 16.2. The predicted molar refractivity (Wildman–Crippen MR) is 131 cm³/mol. The number of nitrogens with one attached hydrogen (secondary N) is 2. The van der Waals surface area contributed by atoms with E-state index in [9.17, 15) is 4.79 Å². The van der Waals surface area contributed by atoms with Gasteiger partial charge in [0.05, 0.1) is 23.5 Å². The second-order valence-electron chi connectivity index (χ2n) is 7.03. The molecule has 4 N–H and O–H groups in total. The van der Waals surface area contributed by atoms with Gasteiger partial charge in [0.15, 0.2) is 11.6 Å². The maximum atomic E-state index is 12.0. The van der Waals surface area contributed by atoms with Gasteiger partial charge in [-0.25, -0.2) is 14.8 Å². The molecule has 0 aliphatic carbocycles. The Kier molecular flexibility index (Phi) is 6.65. The topological polar surface area (TPSA) is 105 Å². The summed E-state index contributed by atoms with van der Waals surface area (Å²) in [7, 11) is 0. The van der Waals surface area contributed by atoms with Crippen LogP contribution in [0, 0.1) is 0 Å². The summed E-state index contributed by atoms with van der Waals surface area (Å²) in [5.74, 6) is 0.455. The van der Waals surface area contributed by atoms with E-state index in [1.54, 1.807) is 25.1 Å². The predicted octanol–water partition coefficient (Wildman–Crippen LogP) is 5.14. The Bertz CT molecular complexity index is 1180. The van der Waals surface area contributed by atoms with Crippen molar-refractivity contribution in [3.63, 3.8) is 0 Å². The van der Waals surface area contributed by atoms with Crippen LogP contribution in [0.1, 0.15) is 17.3 Å². The maximum Gasteiger partial charge on any atom is 0.338 e. The van der Waals surface area contributed by atoms with Crippen LogP contribution < -0.4 is 21.5 Å². The van der Waals surface area contributed by atoms with E-state index in [0.717, 1.165) is 11.4 Å². The molecule has 0 radical (unpaired) electrons. The number of carbonyl (C=O) groups excluding carboxylic acids is 1. The van der Waals surface area contributed by atoms with Gasteiger partial charge in [-0.1, -0.05) is 42.5 Å². The number of hydrazine groups is 1. The van der Waals surface area contributed by atoms with E-state index in [2.05, 4.69) is 20.7 Å². The van der Waals surface area contributed by atoms with Crippen LogP contribution in [-0.2, 0) is 4.74 Å². The fraction of sp³-hybridized carbons (Fsp3) is 0.0800. The first-order valence-electron chi connectivity index (χ1n) is 10.5. The van der Waals surface area contributed by atoms with Crippen molar-refractivity contribution >= 4 is 40.4 Å². The smallest absolute Gasteiger partial charge is 0.338 e. The van der Waals surface area contributed by atoms with Gasteiger partial charge in [-0.15, -0.1) is 0 Å². The van der Waals surface area contributed by atoms with Crippen molar-refractivity contribution < 1.29 is 9.53 Å². The molecular formula is C25H24N6O2. The normalized spacial score (nSPS) is 10.3. The first-order valence-corrected chi connectivity index (χ1v) is 10.5. The standard InChI is InChI=1S/C25H24N6O2/c1-2-33-25(32)18-10-9-11-19(16-18)29-23-22(26)24(28-17-27-23)30-31(20-12-5-3-6-13-20)21-14-7-4-8-15-21/h3-17H,2,26H2,1H3,(H2,27,28,29,30). The van der Waals surface area contributed by atoms with Crippen LogP contribution >= 0.6 is 0 Å². The summed E-state index contributed by atoms with van der Waals surface area (Å²) >= 11 is 0. The van der Waals surface area contributed by atoms with E-state index >= 15 is 0 Å². The molecule has 0 aliphatic rings. The van der Waals surface area contributed by atoms with Crippen molar-refractivity contribution in [3.8, 4) is 0 Å². The van der Waals surface area contributed by atoms with Crippen LogP contribution in [-0.4, -0.2) is 22.5 Å². The second kappa shape index (κ2) is 10.1. The van der Waals surface area contributed by atoms with Crippen molar-refractivity contribution in [1.82, 2.24) is 9.97 Å². The van der Waals surface area contributed by atoms with Gasteiger partial charge >= 0.3 is 5.97 Å². The van der Waals surface area contributed by atoms with E-state index < -0.39 is 0 Å². The Morgan fingerprint density at radius 1 is 0.909 bits per heavy atom. The lowest BCUT2D eigenvalue weighted by molar-refractivity contribution is 0.0526. The molecule has 4 rings (SSSR count). The number of esters is 1. The average Bonchev–Trinajstić information content (AvgIpc) is 2.86. The molecule has 0 saturated carbocycles. The van der Waals surface area contributed by atoms with E-state index in [1.165, 1.54) is 6.33 Å². The number of aromatic nitrogens is 2. The lowest BCUT2D eigenvalue weighted by Gasteiger charge is -2.26. The highest BCUT2D eigenvalue weighted by Gasteiger charge is 2.15. The molecule has 0 amide bonds. The molecule has 0 spiro atoms. The van der Waals surface area contributed by atoms with Gasteiger partial charge in [0.2, 0.25) is 0 Å². The summed E-state index contributed by atoms with van der Waals surface area (Å²) in [6.45, 7) is 2.08. The number of nitrogens with two attached hydrogens (primary N) is 1. The van der Waals surface area contributed by atoms with Crippen molar-refractivity contribution in [1.29, 1.82) is 0 Å². The molecule has 33 heavy (non-hydrogen) atoms. The number of nitrogen functional groups attached to an aromatic ring is 1. The highest BCUT2D eigenvalue weighted by Crippen LogP contribution is 2.30. The fourth-order valence-electron chi connectivity index (χ4n) is 3.20. The minimum Gasteiger partial charge on any atom is -0.462 e. The Labute approximate surface area is 192 Å². The third kappa shape index (κ3) is 5.19. The molecule has 4 aromatic rings. The van der Waals surface area contributed by atoms with Crippen LogP contribution in [0.25, 0.3) is 0 Å².